The second-order valence-electron chi connectivity index (χ2n) is 3.09. The van der Waals surface area contributed by atoms with Gasteiger partial charge in [0.05, 0.1) is 11.1 Å². The van der Waals surface area contributed by atoms with Gasteiger partial charge in [-0.05, 0) is 30.7 Å². The number of hydrogen-bond donors (Lipinski definition) is 0. The van der Waals surface area contributed by atoms with Crippen molar-refractivity contribution in [1.82, 2.24) is 4.98 Å². The van der Waals surface area contributed by atoms with Gasteiger partial charge in [0, 0.05) is 11.6 Å². The Hall–Kier alpha value is -1.95. The Bertz CT molecular complexity index is 541. The van der Waals surface area contributed by atoms with Crippen LogP contribution in [0.1, 0.15) is 11.1 Å². The molecule has 0 fully saturated rings. The maximum atomic E-state index is 13.1. The summed E-state index contributed by atoms with van der Waals surface area (Å²) in [6.45, 7) is 1.87. The summed E-state index contributed by atoms with van der Waals surface area (Å²) in [5.74, 6) is -0.398. The third kappa shape index (κ3) is 1.21. The SMILES string of the molecule is Cc1ccnc2c(C#N)cc(F)cc12. The number of benzene rings is 1. The molecule has 0 aliphatic carbocycles. The summed E-state index contributed by atoms with van der Waals surface area (Å²) >= 11 is 0. The summed E-state index contributed by atoms with van der Waals surface area (Å²) in [4.78, 5) is 4.06. The van der Waals surface area contributed by atoms with Crippen molar-refractivity contribution >= 4 is 10.9 Å². The summed E-state index contributed by atoms with van der Waals surface area (Å²) in [6.07, 6.45) is 1.62. The molecule has 0 aliphatic rings. The molecule has 0 saturated heterocycles. The van der Waals surface area contributed by atoms with E-state index < -0.39 is 5.82 Å². The number of aromatic nitrogens is 1. The first kappa shape index (κ1) is 8.64. The summed E-state index contributed by atoms with van der Waals surface area (Å²) in [5, 5.41) is 9.49. The van der Waals surface area contributed by atoms with Crippen LogP contribution in [0.25, 0.3) is 10.9 Å². The van der Waals surface area contributed by atoms with Crippen molar-refractivity contribution in [3.05, 3.63) is 41.3 Å². The molecule has 0 bridgehead atoms. The predicted octanol–water partition coefficient (Wildman–Crippen LogP) is 2.55. The van der Waals surface area contributed by atoms with Gasteiger partial charge in [-0.2, -0.15) is 5.26 Å². The van der Waals surface area contributed by atoms with E-state index in [2.05, 4.69) is 4.98 Å². The molecular formula is C11H7FN2. The van der Waals surface area contributed by atoms with Gasteiger partial charge in [-0.25, -0.2) is 4.39 Å². The van der Waals surface area contributed by atoms with Crippen LogP contribution >= 0.6 is 0 Å². The number of fused-ring (bicyclic) bond motifs is 1. The molecule has 1 aromatic heterocycles. The molecule has 1 aromatic carbocycles. The van der Waals surface area contributed by atoms with Gasteiger partial charge in [0.15, 0.2) is 0 Å². The number of rotatable bonds is 0. The van der Waals surface area contributed by atoms with Crippen LogP contribution in [-0.2, 0) is 0 Å². The van der Waals surface area contributed by atoms with Gasteiger partial charge >= 0.3 is 0 Å². The number of pyridine rings is 1. The molecule has 0 N–H and O–H groups in total. The Kier molecular flexibility index (Phi) is 1.90. The molecular weight excluding hydrogens is 179 g/mol. The van der Waals surface area contributed by atoms with Gasteiger partial charge in [0.1, 0.15) is 11.9 Å². The minimum absolute atomic E-state index is 0.281. The number of hydrogen-bond acceptors (Lipinski definition) is 2. The lowest BCUT2D eigenvalue weighted by molar-refractivity contribution is 0.629. The summed E-state index contributed by atoms with van der Waals surface area (Å²) in [6, 6.07) is 6.33. The zero-order valence-corrected chi connectivity index (χ0v) is 7.58. The number of nitrogens with zero attached hydrogens (tertiary/aromatic N) is 2. The van der Waals surface area contributed by atoms with Crippen LogP contribution < -0.4 is 0 Å². The topological polar surface area (TPSA) is 36.7 Å². The van der Waals surface area contributed by atoms with E-state index in [1.54, 1.807) is 12.3 Å². The molecule has 3 heteroatoms. The van der Waals surface area contributed by atoms with Crippen LogP contribution in [0.4, 0.5) is 4.39 Å². The van der Waals surface area contributed by atoms with E-state index in [-0.39, 0.29) is 5.56 Å². The summed E-state index contributed by atoms with van der Waals surface area (Å²) in [7, 11) is 0. The fourth-order valence-electron chi connectivity index (χ4n) is 1.44. The largest absolute Gasteiger partial charge is 0.255 e. The minimum Gasteiger partial charge on any atom is -0.255 e. The molecule has 14 heavy (non-hydrogen) atoms. The third-order valence-corrected chi connectivity index (χ3v) is 2.15. The van der Waals surface area contributed by atoms with E-state index in [1.165, 1.54) is 12.1 Å². The van der Waals surface area contributed by atoms with Crippen molar-refractivity contribution in [2.45, 2.75) is 6.92 Å². The quantitative estimate of drug-likeness (QED) is 0.634. The molecule has 0 radical (unpaired) electrons. The highest BCUT2D eigenvalue weighted by molar-refractivity contribution is 5.86. The molecule has 0 aliphatic heterocycles. The van der Waals surface area contributed by atoms with Crippen LogP contribution in [-0.4, -0.2) is 4.98 Å². The first-order valence-electron chi connectivity index (χ1n) is 4.17. The molecule has 0 spiro atoms. The Morgan fingerprint density at radius 1 is 1.43 bits per heavy atom. The first-order chi connectivity index (χ1) is 6.72. The van der Waals surface area contributed by atoms with E-state index in [0.717, 1.165) is 5.56 Å². The van der Waals surface area contributed by atoms with Crippen molar-refractivity contribution in [2.75, 3.05) is 0 Å². The van der Waals surface area contributed by atoms with Crippen LogP contribution in [0.5, 0.6) is 0 Å². The maximum absolute atomic E-state index is 13.1. The molecule has 2 nitrogen and oxygen atoms in total. The van der Waals surface area contributed by atoms with Gasteiger partial charge in [0.2, 0.25) is 0 Å². The number of aryl methyl sites for hydroxylation is 1. The highest BCUT2D eigenvalue weighted by Gasteiger charge is 2.06. The van der Waals surface area contributed by atoms with E-state index in [1.807, 2.05) is 13.0 Å². The summed E-state index contributed by atoms with van der Waals surface area (Å²) < 4.78 is 13.1. The highest BCUT2D eigenvalue weighted by Crippen LogP contribution is 2.20. The van der Waals surface area contributed by atoms with Crippen molar-refractivity contribution in [3.63, 3.8) is 0 Å². The van der Waals surface area contributed by atoms with Gasteiger partial charge in [-0.15, -0.1) is 0 Å². The van der Waals surface area contributed by atoms with Crippen LogP contribution in [0.2, 0.25) is 0 Å². The average molecular weight is 186 g/mol. The zero-order valence-electron chi connectivity index (χ0n) is 7.58. The van der Waals surface area contributed by atoms with Crippen LogP contribution in [0.15, 0.2) is 24.4 Å². The fourth-order valence-corrected chi connectivity index (χ4v) is 1.44. The van der Waals surface area contributed by atoms with E-state index in [9.17, 15) is 4.39 Å². The van der Waals surface area contributed by atoms with E-state index >= 15 is 0 Å². The second kappa shape index (κ2) is 3.08. The monoisotopic (exact) mass is 186 g/mol. The molecule has 2 rings (SSSR count). The Morgan fingerprint density at radius 2 is 2.21 bits per heavy atom. The van der Waals surface area contributed by atoms with E-state index in [0.29, 0.717) is 10.9 Å². The van der Waals surface area contributed by atoms with Crippen molar-refractivity contribution in [2.24, 2.45) is 0 Å². The zero-order chi connectivity index (χ0) is 10.1. The smallest absolute Gasteiger partial charge is 0.125 e. The Labute approximate surface area is 80.6 Å². The maximum Gasteiger partial charge on any atom is 0.125 e. The molecule has 0 atom stereocenters. The molecule has 1 heterocycles. The highest BCUT2D eigenvalue weighted by atomic mass is 19.1. The molecule has 0 amide bonds. The Morgan fingerprint density at radius 3 is 2.93 bits per heavy atom. The summed E-state index contributed by atoms with van der Waals surface area (Å²) in [5.41, 5.74) is 1.77. The number of nitriles is 1. The number of halogens is 1. The van der Waals surface area contributed by atoms with E-state index in [4.69, 9.17) is 5.26 Å². The molecule has 2 aromatic rings. The first-order valence-corrected chi connectivity index (χ1v) is 4.17. The van der Waals surface area contributed by atoms with Gasteiger partial charge in [0.25, 0.3) is 0 Å². The minimum atomic E-state index is -0.398. The van der Waals surface area contributed by atoms with Gasteiger partial charge in [-0.3, -0.25) is 4.98 Å². The van der Waals surface area contributed by atoms with Crippen molar-refractivity contribution in [3.8, 4) is 6.07 Å². The van der Waals surface area contributed by atoms with Gasteiger partial charge < -0.3 is 0 Å². The molecule has 68 valence electrons. The molecule has 0 unspecified atom stereocenters. The van der Waals surface area contributed by atoms with Crippen molar-refractivity contribution < 1.29 is 4.39 Å². The standard InChI is InChI=1S/C11H7FN2/c1-7-2-3-14-11-8(6-13)4-9(12)5-10(7)11/h2-5H,1H3. The lowest BCUT2D eigenvalue weighted by atomic mass is 10.1. The predicted molar refractivity (Wildman–Crippen MR) is 51.2 cm³/mol. The lowest BCUT2D eigenvalue weighted by Gasteiger charge is -2.02. The van der Waals surface area contributed by atoms with Crippen LogP contribution in [0.3, 0.4) is 0 Å². The van der Waals surface area contributed by atoms with Crippen LogP contribution in [0, 0.1) is 24.1 Å². The Balaban J connectivity index is 2.96. The van der Waals surface area contributed by atoms with Crippen molar-refractivity contribution in [1.29, 1.82) is 5.26 Å². The third-order valence-electron chi connectivity index (χ3n) is 2.15. The fraction of sp³-hybridized carbons (Fsp3) is 0.0909. The van der Waals surface area contributed by atoms with Gasteiger partial charge in [-0.1, -0.05) is 0 Å². The molecule has 0 saturated carbocycles. The second-order valence-corrected chi connectivity index (χ2v) is 3.09. The normalized spacial score (nSPS) is 10.1. The average Bonchev–Trinajstić information content (AvgIpc) is 2.18. The lowest BCUT2D eigenvalue weighted by Crippen LogP contribution is -1.88.